The average Bonchev–Trinajstić information content (AvgIpc) is 2.65. The van der Waals surface area contributed by atoms with Gasteiger partial charge in [0.15, 0.2) is 11.5 Å². The molecule has 1 N–H and O–H groups in total. The van der Waals surface area contributed by atoms with Crippen LogP contribution in [0.1, 0.15) is 6.92 Å². The van der Waals surface area contributed by atoms with E-state index in [-0.39, 0.29) is 29.6 Å². The minimum Gasteiger partial charge on any atom is -0.493 e. The first kappa shape index (κ1) is 20.7. The van der Waals surface area contributed by atoms with Gasteiger partial charge < -0.3 is 14.4 Å². The van der Waals surface area contributed by atoms with Crippen LogP contribution in [0, 0.1) is 5.82 Å². The Hall–Kier alpha value is -2.65. The van der Waals surface area contributed by atoms with E-state index in [4.69, 9.17) is 9.47 Å². The van der Waals surface area contributed by atoms with Crippen LogP contribution in [0.5, 0.6) is 11.5 Å². The highest BCUT2D eigenvalue weighted by atomic mass is 32.2. The standard InChI is InChI=1S/C18H21FN2O5S/c1-13(22)21(15-6-4-14(19)5-7-15)11-10-20-27(23,24)16-8-9-17(25-2)18(12-16)26-3/h4-9,12,20H,10-11H2,1-3H3. The summed E-state index contributed by atoms with van der Waals surface area (Å²) in [6.45, 7) is 1.42. The molecular formula is C18H21FN2O5S. The van der Waals surface area contributed by atoms with Gasteiger partial charge in [-0.3, -0.25) is 4.79 Å². The van der Waals surface area contributed by atoms with Crippen molar-refractivity contribution in [3.8, 4) is 11.5 Å². The molecule has 146 valence electrons. The van der Waals surface area contributed by atoms with E-state index in [1.807, 2.05) is 0 Å². The Morgan fingerprint density at radius 3 is 2.26 bits per heavy atom. The SMILES string of the molecule is COc1ccc(S(=O)(=O)NCCN(C(C)=O)c2ccc(F)cc2)cc1OC. The highest BCUT2D eigenvalue weighted by Gasteiger charge is 2.18. The number of hydrogen-bond acceptors (Lipinski definition) is 5. The third kappa shape index (κ3) is 5.18. The molecule has 7 nitrogen and oxygen atoms in total. The zero-order valence-electron chi connectivity index (χ0n) is 15.2. The third-order valence-corrected chi connectivity index (χ3v) is 5.27. The minimum atomic E-state index is -3.81. The Balaban J connectivity index is 2.09. The average molecular weight is 396 g/mol. The van der Waals surface area contributed by atoms with E-state index >= 15 is 0 Å². The second kappa shape index (κ2) is 8.83. The highest BCUT2D eigenvalue weighted by molar-refractivity contribution is 7.89. The number of hydrogen-bond donors (Lipinski definition) is 1. The molecule has 0 unspecified atom stereocenters. The zero-order valence-corrected chi connectivity index (χ0v) is 16.0. The molecule has 0 aliphatic carbocycles. The number of carbonyl (C=O) groups is 1. The van der Waals surface area contributed by atoms with Crippen LogP contribution in [0.4, 0.5) is 10.1 Å². The quantitative estimate of drug-likeness (QED) is 0.739. The van der Waals surface area contributed by atoms with Crippen LogP contribution in [0.3, 0.4) is 0 Å². The van der Waals surface area contributed by atoms with E-state index in [1.165, 1.54) is 68.5 Å². The normalized spacial score (nSPS) is 11.1. The number of carbonyl (C=O) groups excluding carboxylic acids is 1. The molecule has 0 aliphatic rings. The van der Waals surface area contributed by atoms with Crippen LogP contribution < -0.4 is 19.1 Å². The van der Waals surface area contributed by atoms with E-state index in [9.17, 15) is 17.6 Å². The fourth-order valence-electron chi connectivity index (χ4n) is 2.45. The Morgan fingerprint density at radius 1 is 1.07 bits per heavy atom. The summed E-state index contributed by atoms with van der Waals surface area (Å²) in [4.78, 5) is 13.2. The second-order valence-electron chi connectivity index (χ2n) is 5.56. The minimum absolute atomic E-state index is 0.0105. The molecule has 0 bridgehead atoms. The molecule has 0 fully saturated rings. The Labute approximate surface area is 157 Å². The number of amides is 1. The summed E-state index contributed by atoms with van der Waals surface area (Å²) in [5.41, 5.74) is 0.481. The van der Waals surface area contributed by atoms with Crippen LogP contribution >= 0.6 is 0 Å². The molecule has 0 radical (unpaired) electrons. The zero-order chi connectivity index (χ0) is 20.0. The van der Waals surface area contributed by atoms with Crippen molar-refractivity contribution < 1.29 is 27.1 Å². The van der Waals surface area contributed by atoms with Crippen molar-refractivity contribution in [3.05, 3.63) is 48.3 Å². The molecule has 0 spiro atoms. The number of nitrogens with zero attached hydrogens (tertiary/aromatic N) is 1. The summed E-state index contributed by atoms with van der Waals surface area (Å²) in [6, 6.07) is 9.63. The smallest absolute Gasteiger partial charge is 0.240 e. The molecule has 0 aliphatic heterocycles. The molecule has 1 amide bonds. The van der Waals surface area contributed by atoms with Gasteiger partial charge in [0.05, 0.1) is 19.1 Å². The maximum absolute atomic E-state index is 13.0. The van der Waals surface area contributed by atoms with E-state index in [1.54, 1.807) is 0 Å². The fraction of sp³-hybridized carbons (Fsp3) is 0.278. The number of rotatable bonds is 8. The molecule has 0 saturated heterocycles. The molecule has 2 aromatic rings. The number of halogens is 1. The number of methoxy groups -OCH3 is 2. The lowest BCUT2D eigenvalue weighted by Gasteiger charge is -2.21. The van der Waals surface area contributed by atoms with Crippen molar-refractivity contribution in [2.75, 3.05) is 32.2 Å². The lowest BCUT2D eigenvalue weighted by Crippen LogP contribution is -2.37. The number of anilines is 1. The first-order valence-corrected chi connectivity index (χ1v) is 9.52. The van der Waals surface area contributed by atoms with Gasteiger partial charge in [0.1, 0.15) is 5.82 Å². The molecule has 0 aromatic heterocycles. The van der Waals surface area contributed by atoms with E-state index < -0.39 is 15.8 Å². The van der Waals surface area contributed by atoms with E-state index in [0.717, 1.165) is 0 Å². The van der Waals surface area contributed by atoms with Crippen LogP contribution in [-0.4, -0.2) is 41.6 Å². The van der Waals surface area contributed by atoms with E-state index in [0.29, 0.717) is 11.4 Å². The third-order valence-electron chi connectivity index (χ3n) is 3.81. The summed E-state index contributed by atoms with van der Waals surface area (Å²) in [6.07, 6.45) is 0. The largest absolute Gasteiger partial charge is 0.493 e. The predicted molar refractivity (Wildman–Crippen MR) is 99.2 cm³/mol. The van der Waals surface area contributed by atoms with Gasteiger partial charge in [-0.05, 0) is 36.4 Å². The number of sulfonamides is 1. The Kier molecular flexibility index (Phi) is 6.75. The van der Waals surface area contributed by atoms with Crippen LogP contribution in [0.25, 0.3) is 0 Å². The Morgan fingerprint density at radius 2 is 1.70 bits per heavy atom. The van der Waals surface area contributed by atoms with Gasteiger partial charge in [-0.2, -0.15) is 0 Å². The Bertz CT molecular complexity index is 900. The summed E-state index contributed by atoms with van der Waals surface area (Å²) in [7, 11) is -0.945. The second-order valence-corrected chi connectivity index (χ2v) is 7.33. The summed E-state index contributed by atoms with van der Waals surface area (Å²) >= 11 is 0. The van der Waals surface area contributed by atoms with Crippen LogP contribution in [0.2, 0.25) is 0 Å². The van der Waals surface area contributed by atoms with Crippen molar-refractivity contribution in [2.24, 2.45) is 0 Å². The lowest BCUT2D eigenvalue weighted by molar-refractivity contribution is -0.116. The topological polar surface area (TPSA) is 84.9 Å². The molecule has 2 rings (SSSR count). The fourth-order valence-corrected chi connectivity index (χ4v) is 3.48. The summed E-state index contributed by atoms with van der Waals surface area (Å²) in [5.74, 6) is -0.00380. The van der Waals surface area contributed by atoms with Crippen LogP contribution in [-0.2, 0) is 14.8 Å². The highest BCUT2D eigenvalue weighted by Crippen LogP contribution is 2.29. The van der Waals surface area contributed by atoms with Gasteiger partial charge in [0.2, 0.25) is 15.9 Å². The molecule has 0 heterocycles. The first-order valence-electron chi connectivity index (χ1n) is 8.04. The van der Waals surface area contributed by atoms with Crippen molar-refractivity contribution in [2.45, 2.75) is 11.8 Å². The number of benzene rings is 2. The molecule has 0 atom stereocenters. The van der Waals surface area contributed by atoms with Gasteiger partial charge >= 0.3 is 0 Å². The summed E-state index contributed by atoms with van der Waals surface area (Å²) in [5, 5.41) is 0. The maximum atomic E-state index is 13.0. The van der Waals surface area contributed by atoms with Gasteiger partial charge in [-0.1, -0.05) is 0 Å². The predicted octanol–water partition coefficient (Wildman–Crippen LogP) is 2.17. The van der Waals surface area contributed by atoms with Gasteiger partial charge in [-0.15, -0.1) is 0 Å². The van der Waals surface area contributed by atoms with Crippen molar-refractivity contribution in [1.82, 2.24) is 4.72 Å². The molecule has 0 saturated carbocycles. The monoisotopic (exact) mass is 396 g/mol. The van der Waals surface area contributed by atoms with Gasteiger partial charge in [0.25, 0.3) is 0 Å². The van der Waals surface area contributed by atoms with Crippen LogP contribution in [0.15, 0.2) is 47.4 Å². The molecule has 9 heteroatoms. The summed E-state index contributed by atoms with van der Waals surface area (Å²) < 4.78 is 50.6. The maximum Gasteiger partial charge on any atom is 0.240 e. The lowest BCUT2D eigenvalue weighted by atomic mass is 10.2. The van der Waals surface area contributed by atoms with Crippen molar-refractivity contribution in [3.63, 3.8) is 0 Å². The van der Waals surface area contributed by atoms with Crippen molar-refractivity contribution in [1.29, 1.82) is 0 Å². The van der Waals surface area contributed by atoms with Gasteiger partial charge in [-0.25, -0.2) is 17.5 Å². The number of ether oxygens (including phenoxy) is 2. The molecular weight excluding hydrogens is 375 g/mol. The molecule has 2 aromatic carbocycles. The van der Waals surface area contributed by atoms with Gasteiger partial charge in [0, 0.05) is 31.8 Å². The first-order chi connectivity index (χ1) is 12.8. The van der Waals surface area contributed by atoms with Crippen molar-refractivity contribution >= 4 is 21.6 Å². The molecule has 27 heavy (non-hydrogen) atoms. The number of nitrogens with one attached hydrogen (secondary N) is 1. The van der Waals surface area contributed by atoms with E-state index in [2.05, 4.69) is 4.72 Å².